The number of ketones is 1. The molecule has 1 aromatic carbocycles. The second kappa shape index (κ2) is 5.47. The van der Waals surface area contributed by atoms with Crippen molar-refractivity contribution in [3.8, 4) is 18.1 Å². The van der Waals surface area contributed by atoms with E-state index in [0.717, 1.165) is 36.1 Å². The highest BCUT2D eigenvalue weighted by atomic mass is 16.5. The third kappa shape index (κ3) is 2.01. The number of benzene rings is 1. The highest BCUT2D eigenvalue weighted by Gasteiger charge is 2.60. The van der Waals surface area contributed by atoms with E-state index < -0.39 is 5.60 Å². The van der Waals surface area contributed by atoms with Crippen LogP contribution in [0.15, 0.2) is 30.4 Å². The molecule has 3 aliphatic carbocycles. The molecule has 4 rings (SSSR count). The van der Waals surface area contributed by atoms with Gasteiger partial charge in [0.15, 0.2) is 5.78 Å². The maximum absolute atomic E-state index is 12.8. The van der Waals surface area contributed by atoms with Gasteiger partial charge in [-0.25, -0.2) is 0 Å². The Balaban J connectivity index is 1.78. The summed E-state index contributed by atoms with van der Waals surface area (Å²) in [5.41, 5.74) is 0.406. The van der Waals surface area contributed by atoms with Crippen LogP contribution in [0.25, 0.3) is 0 Å². The SMILES string of the molecule is C#C[C@]1(O)C=C[C@H]2[C@@H]3CC(=O)c4cc(OC)ccc4[C@H]3CC[C@@]21CC. The van der Waals surface area contributed by atoms with E-state index in [2.05, 4.69) is 18.9 Å². The first kappa shape index (κ1) is 16.4. The van der Waals surface area contributed by atoms with Gasteiger partial charge in [0, 0.05) is 17.4 Å². The van der Waals surface area contributed by atoms with E-state index in [9.17, 15) is 9.90 Å². The molecule has 0 heterocycles. The molecule has 0 aliphatic heterocycles. The summed E-state index contributed by atoms with van der Waals surface area (Å²) in [5.74, 6) is 4.24. The summed E-state index contributed by atoms with van der Waals surface area (Å²) in [6.07, 6.45) is 12.8. The third-order valence-corrected chi connectivity index (χ3v) is 7.05. The number of ether oxygens (including phenoxy) is 1. The Bertz CT molecular complexity index is 802. The Morgan fingerprint density at radius 3 is 2.92 bits per heavy atom. The number of hydrogen-bond acceptors (Lipinski definition) is 3. The van der Waals surface area contributed by atoms with Gasteiger partial charge in [-0.1, -0.05) is 25.0 Å². The van der Waals surface area contributed by atoms with Crippen LogP contribution in [-0.2, 0) is 0 Å². The fourth-order valence-electron chi connectivity index (χ4n) is 5.71. The topological polar surface area (TPSA) is 46.5 Å². The zero-order chi connectivity index (χ0) is 17.8. The van der Waals surface area contributed by atoms with Crippen LogP contribution in [0.3, 0.4) is 0 Å². The number of terminal acetylenes is 1. The van der Waals surface area contributed by atoms with E-state index in [-0.39, 0.29) is 23.0 Å². The summed E-state index contributed by atoms with van der Waals surface area (Å²) < 4.78 is 5.29. The van der Waals surface area contributed by atoms with Crippen LogP contribution in [0.2, 0.25) is 0 Å². The molecule has 1 saturated carbocycles. The number of rotatable bonds is 2. The highest BCUT2D eigenvalue weighted by molar-refractivity contribution is 5.99. The van der Waals surface area contributed by atoms with Crippen LogP contribution in [0.5, 0.6) is 5.75 Å². The van der Waals surface area contributed by atoms with Gasteiger partial charge in [-0.3, -0.25) is 4.79 Å². The molecule has 0 spiro atoms. The van der Waals surface area contributed by atoms with Gasteiger partial charge in [0.05, 0.1) is 7.11 Å². The van der Waals surface area contributed by atoms with Crippen LogP contribution in [0.1, 0.15) is 54.4 Å². The van der Waals surface area contributed by atoms with E-state index in [1.165, 1.54) is 0 Å². The zero-order valence-corrected chi connectivity index (χ0v) is 14.8. The first-order valence-electron chi connectivity index (χ1n) is 9.10. The van der Waals surface area contributed by atoms with Crippen LogP contribution in [0, 0.1) is 29.6 Å². The van der Waals surface area contributed by atoms with E-state index in [4.69, 9.17) is 11.2 Å². The summed E-state index contributed by atoms with van der Waals surface area (Å²) >= 11 is 0. The van der Waals surface area contributed by atoms with Crippen molar-refractivity contribution in [3.05, 3.63) is 41.5 Å². The maximum atomic E-state index is 12.8. The monoisotopic (exact) mass is 336 g/mol. The van der Waals surface area contributed by atoms with Crippen molar-refractivity contribution in [1.82, 2.24) is 0 Å². The number of aliphatic hydroxyl groups is 1. The number of hydrogen-bond donors (Lipinski definition) is 1. The molecule has 0 aromatic heterocycles. The van der Waals surface area contributed by atoms with Crippen molar-refractivity contribution < 1.29 is 14.6 Å². The minimum Gasteiger partial charge on any atom is -0.497 e. The first-order chi connectivity index (χ1) is 12.0. The lowest BCUT2D eigenvalue weighted by molar-refractivity contribution is -0.0641. The Hall–Kier alpha value is -2.05. The number of allylic oxidation sites excluding steroid dienone is 1. The lowest BCUT2D eigenvalue weighted by atomic mass is 9.51. The molecule has 5 atom stereocenters. The standard InChI is InChI=1S/C22H24O3/c1-4-21-10-8-16-15-7-6-14(25-3)12-18(15)20(23)13-17(16)19(21)9-11-22(21,24)5-2/h2,6-7,9,11-12,16-17,19,24H,4,8,10,13H2,1,3H3/t16-,17-,19+,21+,22+/m1/s1. The van der Waals surface area contributed by atoms with Gasteiger partial charge >= 0.3 is 0 Å². The molecule has 1 N–H and O–H groups in total. The molecular weight excluding hydrogens is 312 g/mol. The molecule has 3 nitrogen and oxygen atoms in total. The summed E-state index contributed by atoms with van der Waals surface area (Å²) in [5, 5.41) is 11.0. The quantitative estimate of drug-likeness (QED) is 0.661. The van der Waals surface area contributed by atoms with Crippen LogP contribution < -0.4 is 4.74 Å². The summed E-state index contributed by atoms with van der Waals surface area (Å²) in [4.78, 5) is 12.8. The first-order valence-corrected chi connectivity index (χ1v) is 9.10. The molecule has 1 aromatic rings. The largest absolute Gasteiger partial charge is 0.497 e. The molecule has 3 aliphatic rings. The molecular formula is C22H24O3. The number of methoxy groups -OCH3 is 1. The number of fused-ring (bicyclic) bond motifs is 5. The van der Waals surface area contributed by atoms with Gasteiger partial charge in [-0.05, 0) is 60.8 Å². The lowest BCUT2D eigenvalue weighted by Gasteiger charge is -2.53. The zero-order valence-electron chi connectivity index (χ0n) is 14.8. The predicted octanol–water partition coefficient (Wildman–Crippen LogP) is 3.72. The predicted molar refractivity (Wildman–Crippen MR) is 96.5 cm³/mol. The molecule has 0 saturated heterocycles. The summed E-state index contributed by atoms with van der Waals surface area (Å²) in [7, 11) is 1.62. The number of carbonyl (C=O) groups excluding carboxylic acids is 1. The van der Waals surface area contributed by atoms with Crippen molar-refractivity contribution in [2.45, 2.75) is 44.1 Å². The molecule has 0 bridgehead atoms. The van der Waals surface area contributed by atoms with Crippen molar-refractivity contribution in [2.75, 3.05) is 7.11 Å². The van der Waals surface area contributed by atoms with Gasteiger partial charge in [0.25, 0.3) is 0 Å². The number of Topliss-reactive ketones (excluding diaryl/α,β-unsaturated/α-hetero) is 1. The highest BCUT2D eigenvalue weighted by Crippen LogP contribution is 2.63. The van der Waals surface area contributed by atoms with E-state index in [1.807, 2.05) is 18.2 Å². The van der Waals surface area contributed by atoms with Gasteiger partial charge < -0.3 is 9.84 Å². The van der Waals surface area contributed by atoms with Gasteiger partial charge in [0.2, 0.25) is 0 Å². The second-order valence-electron chi connectivity index (χ2n) is 7.69. The summed E-state index contributed by atoms with van der Waals surface area (Å²) in [6, 6.07) is 5.87. The average Bonchev–Trinajstić information content (AvgIpc) is 2.95. The van der Waals surface area contributed by atoms with Gasteiger partial charge in [-0.15, -0.1) is 6.42 Å². The normalized spacial score (nSPS) is 38.5. The fraction of sp³-hybridized carbons (Fsp3) is 0.500. The lowest BCUT2D eigenvalue weighted by Crippen LogP contribution is -2.52. The molecule has 0 unspecified atom stereocenters. The molecule has 0 radical (unpaired) electrons. The van der Waals surface area contributed by atoms with Crippen LogP contribution in [-0.4, -0.2) is 23.6 Å². The van der Waals surface area contributed by atoms with E-state index in [1.54, 1.807) is 13.2 Å². The van der Waals surface area contributed by atoms with E-state index >= 15 is 0 Å². The van der Waals surface area contributed by atoms with Gasteiger partial charge in [-0.2, -0.15) is 0 Å². The van der Waals surface area contributed by atoms with Crippen molar-refractivity contribution in [2.24, 2.45) is 17.3 Å². The Kier molecular flexibility index (Phi) is 3.60. The second-order valence-corrected chi connectivity index (χ2v) is 7.69. The van der Waals surface area contributed by atoms with Crippen LogP contribution >= 0.6 is 0 Å². The van der Waals surface area contributed by atoms with Crippen molar-refractivity contribution in [1.29, 1.82) is 0 Å². The van der Waals surface area contributed by atoms with Crippen molar-refractivity contribution >= 4 is 5.78 Å². The molecule has 1 fully saturated rings. The Labute approximate surface area is 149 Å². The molecule has 25 heavy (non-hydrogen) atoms. The molecule has 130 valence electrons. The molecule has 0 amide bonds. The average molecular weight is 336 g/mol. The van der Waals surface area contributed by atoms with Gasteiger partial charge in [0.1, 0.15) is 11.4 Å². The fourth-order valence-corrected chi connectivity index (χ4v) is 5.71. The molecule has 3 heteroatoms. The van der Waals surface area contributed by atoms with Crippen molar-refractivity contribution in [3.63, 3.8) is 0 Å². The maximum Gasteiger partial charge on any atom is 0.163 e. The Morgan fingerprint density at radius 2 is 2.24 bits per heavy atom. The minimum absolute atomic E-state index is 0.150. The minimum atomic E-state index is -1.19. The summed E-state index contributed by atoms with van der Waals surface area (Å²) in [6.45, 7) is 2.10. The third-order valence-electron chi connectivity index (χ3n) is 7.05. The Morgan fingerprint density at radius 1 is 1.44 bits per heavy atom. The van der Waals surface area contributed by atoms with Crippen LogP contribution in [0.4, 0.5) is 0 Å². The van der Waals surface area contributed by atoms with E-state index in [0.29, 0.717) is 12.3 Å². The smallest absolute Gasteiger partial charge is 0.163 e. The number of carbonyl (C=O) groups is 1.